The van der Waals surface area contributed by atoms with Crippen molar-refractivity contribution >= 4 is 22.6 Å². The van der Waals surface area contributed by atoms with Gasteiger partial charge in [-0.3, -0.25) is 0 Å². The Labute approximate surface area is 133 Å². The van der Waals surface area contributed by atoms with Crippen molar-refractivity contribution in [2.75, 3.05) is 0 Å². The van der Waals surface area contributed by atoms with Crippen LogP contribution in [0.15, 0.2) is 42.5 Å². The van der Waals surface area contributed by atoms with Gasteiger partial charge in [-0.25, -0.2) is 4.39 Å². The summed E-state index contributed by atoms with van der Waals surface area (Å²) in [5.74, 6) is 0.335. The number of aliphatic hydroxyl groups excluding tert-OH is 1. The highest BCUT2D eigenvalue weighted by atomic mass is 127. The Bertz CT molecular complexity index is 578. The second kappa shape index (κ2) is 6.68. The molecular formula is C17H18FIO. The molecule has 0 fully saturated rings. The fourth-order valence-corrected chi connectivity index (χ4v) is 2.98. The molecule has 0 amide bonds. The predicted molar refractivity (Wildman–Crippen MR) is 88.2 cm³/mol. The second-order valence-electron chi connectivity index (χ2n) is 5.41. The molecule has 1 N–H and O–H groups in total. The molecule has 1 nitrogen and oxygen atoms in total. The molecule has 0 aliphatic rings. The first-order valence-electron chi connectivity index (χ1n) is 6.69. The molecule has 0 saturated carbocycles. The Morgan fingerprint density at radius 2 is 1.75 bits per heavy atom. The molecule has 20 heavy (non-hydrogen) atoms. The van der Waals surface area contributed by atoms with Crippen LogP contribution in [0.2, 0.25) is 0 Å². The molecule has 0 saturated heterocycles. The van der Waals surface area contributed by atoms with Gasteiger partial charge in [-0.2, -0.15) is 0 Å². The van der Waals surface area contributed by atoms with Gasteiger partial charge < -0.3 is 5.11 Å². The Morgan fingerprint density at radius 1 is 1.10 bits per heavy atom. The number of hydrogen-bond donors (Lipinski definition) is 1. The summed E-state index contributed by atoms with van der Waals surface area (Å²) in [5, 5.41) is 10.4. The van der Waals surface area contributed by atoms with E-state index in [0.29, 0.717) is 5.92 Å². The van der Waals surface area contributed by atoms with Crippen LogP contribution in [0.25, 0.3) is 0 Å². The van der Waals surface area contributed by atoms with Crippen LogP contribution >= 0.6 is 22.6 Å². The van der Waals surface area contributed by atoms with Crippen LogP contribution in [-0.2, 0) is 6.42 Å². The normalized spacial score (nSPS) is 12.7. The van der Waals surface area contributed by atoms with E-state index in [1.807, 2.05) is 12.1 Å². The lowest BCUT2D eigenvalue weighted by atomic mass is 9.97. The molecule has 0 aliphatic heterocycles. The molecule has 2 aromatic rings. The van der Waals surface area contributed by atoms with E-state index in [4.69, 9.17) is 0 Å². The van der Waals surface area contributed by atoms with Crippen molar-refractivity contribution in [3.05, 3.63) is 68.5 Å². The Morgan fingerprint density at radius 3 is 2.30 bits per heavy atom. The third-order valence-electron chi connectivity index (χ3n) is 3.20. The van der Waals surface area contributed by atoms with E-state index >= 15 is 0 Å². The predicted octanol–water partition coefficient (Wildman–Crippen LogP) is 4.71. The van der Waals surface area contributed by atoms with Crippen molar-refractivity contribution in [2.24, 2.45) is 5.92 Å². The maximum Gasteiger partial charge on any atom is 0.124 e. The summed E-state index contributed by atoms with van der Waals surface area (Å²) in [4.78, 5) is 0. The van der Waals surface area contributed by atoms with Crippen molar-refractivity contribution in [3.63, 3.8) is 0 Å². The Kier molecular flexibility index (Phi) is 5.16. The summed E-state index contributed by atoms with van der Waals surface area (Å²) in [6.45, 7) is 4.37. The van der Waals surface area contributed by atoms with E-state index in [-0.39, 0.29) is 5.82 Å². The molecule has 1 unspecified atom stereocenters. The van der Waals surface area contributed by atoms with Gasteiger partial charge in [0.15, 0.2) is 0 Å². The van der Waals surface area contributed by atoms with Crippen LogP contribution in [0, 0.1) is 15.3 Å². The van der Waals surface area contributed by atoms with E-state index in [0.717, 1.165) is 21.1 Å². The average Bonchev–Trinajstić information content (AvgIpc) is 2.38. The van der Waals surface area contributed by atoms with Gasteiger partial charge >= 0.3 is 0 Å². The molecule has 0 heterocycles. The lowest BCUT2D eigenvalue weighted by molar-refractivity contribution is 0.219. The molecule has 2 aromatic carbocycles. The van der Waals surface area contributed by atoms with Gasteiger partial charge in [-0.1, -0.05) is 44.2 Å². The zero-order chi connectivity index (χ0) is 14.7. The number of halogens is 2. The molecule has 2 rings (SSSR count). The van der Waals surface area contributed by atoms with E-state index in [9.17, 15) is 9.50 Å². The van der Waals surface area contributed by atoms with Crippen molar-refractivity contribution < 1.29 is 9.50 Å². The van der Waals surface area contributed by atoms with Gasteiger partial charge in [0.2, 0.25) is 0 Å². The summed E-state index contributed by atoms with van der Waals surface area (Å²) < 4.78 is 13.8. The van der Waals surface area contributed by atoms with Gasteiger partial charge in [0.25, 0.3) is 0 Å². The molecule has 0 radical (unpaired) electrons. The monoisotopic (exact) mass is 384 g/mol. The van der Waals surface area contributed by atoms with Crippen LogP contribution in [-0.4, -0.2) is 5.11 Å². The van der Waals surface area contributed by atoms with E-state index in [2.05, 4.69) is 48.6 Å². The fraction of sp³-hybridized carbons (Fsp3) is 0.294. The van der Waals surface area contributed by atoms with Gasteiger partial charge in [-0.15, -0.1) is 0 Å². The summed E-state index contributed by atoms with van der Waals surface area (Å²) in [5.41, 5.74) is 2.84. The SMILES string of the molecule is CC(C)Cc1ccc(C(O)c2ccc(F)cc2I)cc1. The van der Waals surface area contributed by atoms with Crippen molar-refractivity contribution in [2.45, 2.75) is 26.4 Å². The average molecular weight is 384 g/mol. The first-order valence-corrected chi connectivity index (χ1v) is 7.77. The topological polar surface area (TPSA) is 20.2 Å². The maximum atomic E-state index is 13.1. The summed E-state index contributed by atoms with van der Waals surface area (Å²) >= 11 is 2.05. The standard InChI is InChI=1S/C17H18FIO/c1-11(2)9-12-3-5-13(6-4-12)17(20)15-8-7-14(18)10-16(15)19/h3-8,10-11,17,20H,9H2,1-2H3. The van der Waals surface area contributed by atoms with E-state index in [1.165, 1.54) is 17.7 Å². The third kappa shape index (κ3) is 3.79. The smallest absolute Gasteiger partial charge is 0.124 e. The maximum absolute atomic E-state index is 13.1. The fourth-order valence-electron chi connectivity index (χ4n) is 2.21. The van der Waals surface area contributed by atoms with Gasteiger partial charge in [0, 0.05) is 3.57 Å². The van der Waals surface area contributed by atoms with E-state index < -0.39 is 6.10 Å². The molecule has 0 aromatic heterocycles. The molecule has 106 valence electrons. The van der Waals surface area contributed by atoms with Gasteiger partial charge in [-0.05, 0) is 63.8 Å². The quantitative estimate of drug-likeness (QED) is 0.757. The highest BCUT2D eigenvalue weighted by Crippen LogP contribution is 2.27. The second-order valence-corrected chi connectivity index (χ2v) is 6.57. The van der Waals surface area contributed by atoms with E-state index in [1.54, 1.807) is 6.07 Å². The Hall–Kier alpha value is -0.940. The van der Waals surface area contributed by atoms with Gasteiger partial charge in [0.05, 0.1) is 0 Å². The number of rotatable bonds is 4. The first kappa shape index (κ1) is 15.4. The third-order valence-corrected chi connectivity index (χ3v) is 4.13. The minimum Gasteiger partial charge on any atom is -0.384 e. The number of benzene rings is 2. The van der Waals surface area contributed by atoms with Crippen LogP contribution in [0.1, 0.15) is 36.6 Å². The highest BCUT2D eigenvalue weighted by molar-refractivity contribution is 14.1. The minimum absolute atomic E-state index is 0.280. The lowest BCUT2D eigenvalue weighted by Crippen LogP contribution is -2.03. The molecule has 1 atom stereocenters. The molecule has 0 aliphatic carbocycles. The van der Waals surface area contributed by atoms with Crippen LogP contribution < -0.4 is 0 Å². The highest BCUT2D eigenvalue weighted by Gasteiger charge is 2.14. The number of aliphatic hydroxyl groups is 1. The summed E-state index contributed by atoms with van der Waals surface area (Å²) in [6.07, 6.45) is 0.320. The largest absolute Gasteiger partial charge is 0.384 e. The zero-order valence-corrected chi connectivity index (χ0v) is 13.8. The molecule has 3 heteroatoms. The molecule has 0 spiro atoms. The van der Waals surface area contributed by atoms with Crippen molar-refractivity contribution in [1.29, 1.82) is 0 Å². The first-order chi connectivity index (χ1) is 9.47. The van der Waals surface area contributed by atoms with Crippen LogP contribution in [0.3, 0.4) is 0 Å². The molecular weight excluding hydrogens is 366 g/mol. The zero-order valence-electron chi connectivity index (χ0n) is 11.6. The summed E-state index contributed by atoms with van der Waals surface area (Å²) in [7, 11) is 0. The van der Waals surface area contributed by atoms with Crippen LogP contribution in [0.4, 0.5) is 4.39 Å². The van der Waals surface area contributed by atoms with Crippen molar-refractivity contribution in [3.8, 4) is 0 Å². The van der Waals surface area contributed by atoms with Crippen LogP contribution in [0.5, 0.6) is 0 Å². The number of hydrogen-bond acceptors (Lipinski definition) is 1. The van der Waals surface area contributed by atoms with Crippen molar-refractivity contribution in [1.82, 2.24) is 0 Å². The Balaban J connectivity index is 2.22. The molecule has 0 bridgehead atoms. The summed E-state index contributed by atoms with van der Waals surface area (Å²) in [6, 6.07) is 12.5. The van der Waals surface area contributed by atoms with Gasteiger partial charge in [0.1, 0.15) is 11.9 Å². The lowest BCUT2D eigenvalue weighted by Gasteiger charge is -2.14. The minimum atomic E-state index is -0.712.